The van der Waals surface area contributed by atoms with Crippen LogP contribution >= 0.6 is 12.2 Å². The highest BCUT2D eigenvalue weighted by atomic mass is 32.1. The first-order valence-corrected chi connectivity index (χ1v) is 10.8. The topological polar surface area (TPSA) is 14.3 Å². The molecule has 1 atom stereocenters. The van der Waals surface area contributed by atoms with Crippen LogP contribution in [-0.2, 0) is 26.2 Å². The van der Waals surface area contributed by atoms with Crippen LogP contribution in [-0.4, -0.2) is 15.7 Å². The van der Waals surface area contributed by atoms with Crippen LogP contribution < -0.4 is 4.90 Å². The van der Waals surface area contributed by atoms with Crippen molar-refractivity contribution in [3.63, 3.8) is 0 Å². The van der Waals surface area contributed by atoms with Crippen LogP contribution in [0.3, 0.4) is 0 Å². The number of nitrogens with one attached hydrogen (secondary N) is 1. The van der Waals surface area contributed by atoms with Crippen molar-refractivity contribution in [2.75, 3.05) is 6.54 Å². The fourth-order valence-corrected chi connectivity index (χ4v) is 4.28. The van der Waals surface area contributed by atoms with Gasteiger partial charge in [-0.2, -0.15) is 0 Å². The average molecular weight is 403 g/mol. The lowest BCUT2D eigenvalue weighted by Gasteiger charge is -2.19. The van der Waals surface area contributed by atoms with Gasteiger partial charge in [0, 0.05) is 12.1 Å². The molecule has 1 heterocycles. The van der Waals surface area contributed by atoms with Gasteiger partial charge in [-0.05, 0) is 43.3 Å². The predicted octanol–water partition coefficient (Wildman–Crippen LogP) is 4.48. The number of fused-ring (bicyclic) bond motifs is 1. The number of aromatic nitrogens is 2. The van der Waals surface area contributed by atoms with E-state index in [2.05, 4.69) is 101 Å². The molecule has 0 radical (unpaired) electrons. The Balaban J connectivity index is 1.62. The molecule has 148 valence electrons. The Morgan fingerprint density at radius 3 is 1.90 bits per heavy atom. The summed E-state index contributed by atoms with van der Waals surface area (Å²) in [4.78, 5) is 1.50. The highest BCUT2D eigenvalue weighted by molar-refractivity contribution is 7.71. The highest BCUT2D eigenvalue weighted by Gasteiger charge is 2.15. The van der Waals surface area contributed by atoms with Crippen molar-refractivity contribution < 1.29 is 4.90 Å². The predicted molar refractivity (Wildman–Crippen MR) is 123 cm³/mol. The first-order valence-electron chi connectivity index (χ1n) is 10.4. The molecule has 29 heavy (non-hydrogen) atoms. The van der Waals surface area contributed by atoms with Gasteiger partial charge in [-0.15, -0.1) is 0 Å². The van der Waals surface area contributed by atoms with Gasteiger partial charge in [-0.1, -0.05) is 72.8 Å². The first-order chi connectivity index (χ1) is 14.3. The van der Waals surface area contributed by atoms with E-state index in [1.165, 1.54) is 27.1 Å². The summed E-state index contributed by atoms with van der Waals surface area (Å²) in [7, 11) is 0. The maximum atomic E-state index is 5.95. The van der Waals surface area contributed by atoms with Crippen LogP contribution in [0.4, 0.5) is 0 Å². The summed E-state index contributed by atoms with van der Waals surface area (Å²) in [6.45, 7) is 6.08. The molecule has 0 spiro atoms. The Morgan fingerprint density at radius 1 is 0.724 bits per heavy atom. The zero-order chi connectivity index (χ0) is 20.1. The number of para-hydroxylation sites is 2. The molecule has 4 heteroatoms. The van der Waals surface area contributed by atoms with Crippen molar-refractivity contribution >= 4 is 23.3 Å². The number of benzene rings is 3. The minimum absolute atomic E-state index is 0.878. The van der Waals surface area contributed by atoms with Gasteiger partial charge in [-0.25, -0.2) is 0 Å². The summed E-state index contributed by atoms with van der Waals surface area (Å²) in [6.07, 6.45) is 0.984. The number of nitrogens with zero attached hydrogens (tertiary/aromatic N) is 2. The summed E-state index contributed by atoms with van der Waals surface area (Å²) < 4.78 is 5.53. The maximum Gasteiger partial charge on any atom is 0.185 e. The van der Waals surface area contributed by atoms with Crippen LogP contribution in [0, 0.1) is 4.77 Å². The van der Waals surface area contributed by atoms with Gasteiger partial charge < -0.3 is 9.47 Å². The summed E-state index contributed by atoms with van der Waals surface area (Å²) in [5.41, 5.74) is 5.16. The molecular weight excluding hydrogens is 374 g/mol. The molecule has 4 rings (SSSR count). The minimum atomic E-state index is 0.878. The van der Waals surface area contributed by atoms with Crippen molar-refractivity contribution in [1.82, 2.24) is 9.13 Å². The molecule has 1 N–H and O–H groups in total. The number of hydrogen-bond acceptors (Lipinski definition) is 1. The number of imidazole rings is 1. The fraction of sp³-hybridized carbons (Fsp3) is 0.240. The normalized spacial score (nSPS) is 12.3. The lowest BCUT2D eigenvalue weighted by Crippen LogP contribution is -3.09. The quantitative estimate of drug-likeness (QED) is 0.429. The zero-order valence-corrected chi connectivity index (χ0v) is 17.7. The molecule has 4 aromatic rings. The van der Waals surface area contributed by atoms with Crippen molar-refractivity contribution in [3.8, 4) is 0 Å². The van der Waals surface area contributed by atoms with Crippen molar-refractivity contribution in [2.45, 2.75) is 33.1 Å². The molecule has 0 fully saturated rings. The van der Waals surface area contributed by atoms with Gasteiger partial charge >= 0.3 is 0 Å². The van der Waals surface area contributed by atoms with Gasteiger partial charge in [0.1, 0.15) is 6.54 Å². The highest BCUT2D eigenvalue weighted by Crippen LogP contribution is 2.18. The number of quaternary nitrogens is 1. The van der Waals surface area contributed by atoms with E-state index in [0.717, 1.165) is 37.5 Å². The molecule has 0 bridgehead atoms. The van der Waals surface area contributed by atoms with Crippen molar-refractivity contribution in [3.05, 3.63) is 101 Å². The van der Waals surface area contributed by atoms with E-state index in [-0.39, 0.29) is 0 Å². The maximum absolute atomic E-state index is 5.95. The van der Waals surface area contributed by atoms with Crippen LogP contribution in [0.5, 0.6) is 0 Å². The molecule has 0 amide bonds. The standard InChI is InChI=1S/C25H27N3S/c1-2-26(19-22-13-7-4-8-14-22)20-28-24-16-10-9-15-23(24)27(25(28)29)18-17-21-11-5-3-6-12-21/h3-16H,2,17-20H2,1H3/p+1. The van der Waals surface area contributed by atoms with Gasteiger partial charge in [0.15, 0.2) is 11.4 Å². The SMILES string of the molecule is CC[NH+](Cc1ccccc1)Cn1c(=S)n(CCc2ccccc2)c2ccccc21. The largest absolute Gasteiger partial charge is 0.316 e. The van der Waals surface area contributed by atoms with Gasteiger partial charge in [0.2, 0.25) is 0 Å². The molecule has 3 aromatic carbocycles. The Bertz CT molecular complexity index is 1110. The molecule has 0 aliphatic rings. The fourth-order valence-electron chi connectivity index (χ4n) is 3.93. The third kappa shape index (κ3) is 4.50. The van der Waals surface area contributed by atoms with E-state index in [1.807, 2.05) is 0 Å². The van der Waals surface area contributed by atoms with E-state index >= 15 is 0 Å². The Hall–Kier alpha value is -2.69. The number of aryl methyl sites for hydroxylation is 2. The van der Waals surface area contributed by atoms with Crippen LogP contribution in [0.25, 0.3) is 11.0 Å². The lowest BCUT2D eigenvalue weighted by atomic mass is 10.1. The molecule has 1 aromatic heterocycles. The van der Waals surface area contributed by atoms with Gasteiger partial charge in [0.25, 0.3) is 0 Å². The van der Waals surface area contributed by atoms with Crippen LogP contribution in [0.1, 0.15) is 18.1 Å². The second-order valence-corrected chi connectivity index (χ2v) is 7.88. The van der Waals surface area contributed by atoms with E-state index in [4.69, 9.17) is 12.2 Å². The molecule has 1 unspecified atom stereocenters. The van der Waals surface area contributed by atoms with Crippen LogP contribution in [0.2, 0.25) is 0 Å². The Morgan fingerprint density at radius 2 is 1.28 bits per heavy atom. The second-order valence-electron chi connectivity index (χ2n) is 7.51. The molecule has 0 saturated carbocycles. The van der Waals surface area contributed by atoms with E-state index < -0.39 is 0 Å². The van der Waals surface area contributed by atoms with Gasteiger partial charge in [-0.3, -0.25) is 4.57 Å². The second kappa shape index (κ2) is 9.21. The summed E-state index contributed by atoms with van der Waals surface area (Å²) in [6, 6.07) is 30.0. The summed E-state index contributed by atoms with van der Waals surface area (Å²) in [5.74, 6) is 0. The van der Waals surface area contributed by atoms with Crippen molar-refractivity contribution in [1.29, 1.82) is 0 Å². The van der Waals surface area contributed by atoms with Crippen molar-refractivity contribution in [2.24, 2.45) is 0 Å². The number of rotatable bonds is 8. The Kier molecular flexibility index (Phi) is 6.23. The summed E-state index contributed by atoms with van der Waals surface area (Å²) >= 11 is 5.95. The zero-order valence-electron chi connectivity index (χ0n) is 16.9. The molecule has 0 aliphatic heterocycles. The lowest BCUT2D eigenvalue weighted by molar-refractivity contribution is -0.934. The third-order valence-electron chi connectivity index (χ3n) is 5.57. The Labute approximate surface area is 177 Å². The van der Waals surface area contributed by atoms with E-state index in [1.54, 1.807) is 0 Å². The third-order valence-corrected chi connectivity index (χ3v) is 6.01. The molecule has 0 aliphatic carbocycles. The first kappa shape index (κ1) is 19.6. The minimum Gasteiger partial charge on any atom is -0.316 e. The van der Waals surface area contributed by atoms with E-state index in [0.29, 0.717) is 0 Å². The van der Waals surface area contributed by atoms with Gasteiger partial charge in [0.05, 0.1) is 17.6 Å². The van der Waals surface area contributed by atoms with E-state index in [9.17, 15) is 0 Å². The molecule has 0 saturated heterocycles. The molecular formula is C25H28N3S+. The average Bonchev–Trinajstić information content (AvgIpc) is 3.04. The number of hydrogen-bond donors (Lipinski definition) is 1. The van der Waals surface area contributed by atoms with Crippen LogP contribution in [0.15, 0.2) is 84.9 Å². The smallest absolute Gasteiger partial charge is 0.185 e. The molecule has 3 nitrogen and oxygen atoms in total. The monoisotopic (exact) mass is 402 g/mol. The summed E-state index contributed by atoms with van der Waals surface area (Å²) in [5, 5.41) is 0.